The molecule has 1 atom stereocenters. The molecule has 0 bridgehead atoms. The number of carbonyl (C=O) groups excluding carboxylic acids is 1. The van der Waals surface area contributed by atoms with E-state index in [0.29, 0.717) is 0 Å². The summed E-state index contributed by atoms with van der Waals surface area (Å²) in [5.74, 6) is -0.537. The van der Waals surface area contributed by atoms with E-state index in [1.165, 1.54) is 30.2 Å². The summed E-state index contributed by atoms with van der Waals surface area (Å²) in [6, 6.07) is 28.5. The van der Waals surface area contributed by atoms with Crippen LogP contribution in [0.4, 0.5) is 0 Å². The van der Waals surface area contributed by atoms with E-state index in [4.69, 9.17) is 5.26 Å². The number of rotatable bonds is 6. The summed E-state index contributed by atoms with van der Waals surface area (Å²) >= 11 is -4.55. The molecule has 0 fully saturated rings. The molecule has 7 heteroatoms. The first kappa shape index (κ1) is 22.4. The average Bonchev–Trinajstić information content (AvgIpc) is 2.78. The van der Waals surface area contributed by atoms with Crippen LogP contribution in [0.3, 0.4) is 0 Å². The van der Waals surface area contributed by atoms with Gasteiger partial charge in [-0.15, -0.1) is 0 Å². The molecule has 0 aliphatic heterocycles. The molecule has 0 saturated carbocycles. The number of amides is 1. The van der Waals surface area contributed by atoms with E-state index < -0.39 is 20.1 Å². The van der Waals surface area contributed by atoms with E-state index in [2.05, 4.69) is 44.1 Å². The zero-order valence-electron chi connectivity index (χ0n) is 15.8. The number of nitrogens with one attached hydrogen (secondary N) is 1. The molecule has 3 aromatic rings. The molecule has 0 aliphatic rings. The van der Waals surface area contributed by atoms with E-state index >= 15 is 0 Å². The minimum absolute atomic E-state index is 0.201. The second kappa shape index (κ2) is 11.8. The van der Waals surface area contributed by atoms with Crippen molar-refractivity contribution in [3.63, 3.8) is 0 Å². The summed E-state index contributed by atoms with van der Waals surface area (Å²) in [6.45, 7) is 1.18. The molecule has 0 radical (unpaired) electrons. The van der Waals surface area contributed by atoms with Crippen LogP contribution >= 0.6 is 0 Å². The van der Waals surface area contributed by atoms with Gasteiger partial charge in [0.05, 0.1) is 0 Å². The van der Waals surface area contributed by atoms with E-state index in [-0.39, 0.29) is 4.35 Å². The van der Waals surface area contributed by atoms with Crippen molar-refractivity contribution in [2.75, 3.05) is 0 Å². The van der Waals surface area contributed by atoms with Crippen molar-refractivity contribution in [1.82, 2.24) is 5.48 Å². The molecule has 29 heavy (non-hydrogen) atoms. The SMILES string of the molecule is C(=Cc1ccccc1)c1ccccc1.CC(=O)NO[As](=O)(OO)c1ccccc1. The Morgan fingerprint density at radius 3 is 1.62 bits per heavy atom. The molecule has 0 saturated heterocycles. The van der Waals surface area contributed by atoms with E-state index in [0.717, 1.165) is 0 Å². The number of benzene rings is 3. The third kappa shape index (κ3) is 7.93. The van der Waals surface area contributed by atoms with Gasteiger partial charge in [0, 0.05) is 0 Å². The van der Waals surface area contributed by atoms with Crippen LogP contribution in [-0.2, 0) is 16.2 Å². The van der Waals surface area contributed by atoms with Crippen LogP contribution in [0, 0.1) is 0 Å². The van der Waals surface area contributed by atoms with Gasteiger partial charge in [0.2, 0.25) is 0 Å². The van der Waals surface area contributed by atoms with Gasteiger partial charge in [0.15, 0.2) is 0 Å². The molecule has 0 spiro atoms. The molecule has 150 valence electrons. The minimum atomic E-state index is -4.55. The first-order valence-electron chi connectivity index (χ1n) is 8.75. The summed E-state index contributed by atoms with van der Waals surface area (Å²) < 4.78 is 20.5. The van der Waals surface area contributed by atoms with Gasteiger partial charge in [-0.25, -0.2) is 0 Å². The van der Waals surface area contributed by atoms with Crippen LogP contribution in [-0.4, -0.2) is 25.3 Å². The van der Waals surface area contributed by atoms with Crippen LogP contribution in [0.15, 0.2) is 91.0 Å². The Labute approximate surface area is 172 Å². The quantitative estimate of drug-likeness (QED) is 0.257. The zero-order valence-corrected chi connectivity index (χ0v) is 17.7. The fraction of sp³-hybridized carbons (Fsp3) is 0.0455. The average molecular weight is 455 g/mol. The molecule has 1 unspecified atom stereocenters. The van der Waals surface area contributed by atoms with Gasteiger partial charge >= 0.3 is 88.7 Å². The van der Waals surface area contributed by atoms with Crippen LogP contribution in [0.1, 0.15) is 18.1 Å². The van der Waals surface area contributed by atoms with Crippen LogP contribution in [0.2, 0.25) is 0 Å². The molecule has 6 nitrogen and oxygen atoms in total. The van der Waals surface area contributed by atoms with Gasteiger partial charge in [-0.3, -0.25) is 0 Å². The molecule has 1 amide bonds. The van der Waals surface area contributed by atoms with Crippen molar-refractivity contribution in [2.24, 2.45) is 0 Å². The molecule has 3 aromatic carbocycles. The Bertz CT molecular complexity index is 905. The molecule has 0 aliphatic carbocycles. The molecular formula is C22H22AsNO5. The Balaban J connectivity index is 0.000000207. The first-order chi connectivity index (χ1) is 14.0. The maximum absolute atomic E-state index is 11.8. The van der Waals surface area contributed by atoms with E-state index in [1.807, 2.05) is 41.9 Å². The van der Waals surface area contributed by atoms with Crippen LogP contribution in [0.25, 0.3) is 12.2 Å². The Morgan fingerprint density at radius 1 is 0.828 bits per heavy atom. The van der Waals surface area contributed by atoms with Crippen LogP contribution < -0.4 is 9.83 Å². The predicted molar refractivity (Wildman–Crippen MR) is 113 cm³/mol. The van der Waals surface area contributed by atoms with Crippen molar-refractivity contribution in [3.05, 3.63) is 102 Å². The Kier molecular flexibility index (Phi) is 9.14. The van der Waals surface area contributed by atoms with E-state index in [9.17, 15) is 8.53 Å². The third-order valence-corrected chi connectivity index (χ3v) is 6.66. The molecule has 3 rings (SSSR count). The van der Waals surface area contributed by atoms with Crippen molar-refractivity contribution < 1.29 is 21.5 Å². The summed E-state index contributed by atoms with van der Waals surface area (Å²) in [5, 5.41) is 8.54. The van der Waals surface area contributed by atoms with Gasteiger partial charge in [0.1, 0.15) is 0 Å². The second-order valence-electron chi connectivity index (χ2n) is 5.82. The number of hydrogen-bond acceptors (Lipinski definition) is 5. The van der Waals surface area contributed by atoms with Gasteiger partial charge < -0.3 is 0 Å². The standard InChI is InChI=1S/C14H12.C8H10AsNO5/c1-3-7-13(8-4-1)11-12-14-9-5-2-6-10-14;1-7(11)10-14-9(12,15-13)8-5-3-2-4-6-8/h1-12H;2-6,13H,1H3,(H,10,11). The first-order valence-corrected chi connectivity index (χ1v) is 12.0. The van der Waals surface area contributed by atoms with Crippen LogP contribution in [0.5, 0.6) is 0 Å². The topological polar surface area (TPSA) is 84.9 Å². The Morgan fingerprint density at radius 2 is 1.24 bits per heavy atom. The molecule has 0 aromatic heterocycles. The van der Waals surface area contributed by atoms with E-state index in [1.54, 1.807) is 18.2 Å². The monoisotopic (exact) mass is 455 g/mol. The number of hydroxylamine groups is 1. The van der Waals surface area contributed by atoms with Crippen molar-refractivity contribution in [2.45, 2.75) is 6.92 Å². The molecular weight excluding hydrogens is 433 g/mol. The molecule has 2 N–H and O–H groups in total. The number of hydrogen-bond donors (Lipinski definition) is 2. The summed E-state index contributed by atoms with van der Waals surface area (Å²) in [7, 11) is 0. The maximum atomic E-state index is 11.8. The van der Waals surface area contributed by atoms with Gasteiger partial charge in [0.25, 0.3) is 0 Å². The van der Waals surface area contributed by atoms with Gasteiger partial charge in [-0.2, -0.15) is 0 Å². The second-order valence-corrected chi connectivity index (χ2v) is 9.72. The Hall–Kier alpha value is -2.89. The van der Waals surface area contributed by atoms with Crippen molar-refractivity contribution in [3.8, 4) is 0 Å². The normalized spacial score (nSPS) is 12.5. The summed E-state index contributed by atoms with van der Waals surface area (Å²) in [6.07, 6.45) is 4.24. The number of carbonyl (C=O) groups is 1. The third-order valence-electron chi connectivity index (χ3n) is 3.56. The van der Waals surface area contributed by atoms with Gasteiger partial charge in [-0.1, -0.05) is 72.8 Å². The fourth-order valence-corrected chi connectivity index (χ4v) is 4.31. The fourth-order valence-electron chi connectivity index (χ4n) is 2.17. The van der Waals surface area contributed by atoms with Gasteiger partial charge in [-0.05, 0) is 11.1 Å². The zero-order chi connectivity index (χ0) is 21.0. The molecule has 0 heterocycles. The summed E-state index contributed by atoms with van der Waals surface area (Å²) in [4.78, 5) is 10.6. The van der Waals surface area contributed by atoms with Crippen molar-refractivity contribution in [1.29, 1.82) is 0 Å². The predicted octanol–water partition coefficient (Wildman–Crippen LogP) is 3.68. The van der Waals surface area contributed by atoms with Crippen molar-refractivity contribution >= 4 is 36.6 Å². The summed E-state index contributed by atoms with van der Waals surface area (Å²) in [5.41, 5.74) is 4.34.